The van der Waals surface area contributed by atoms with Gasteiger partial charge in [-0.3, -0.25) is 9.69 Å². The Kier molecular flexibility index (Phi) is 5.75. The summed E-state index contributed by atoms with van der Waals surface area (Å²) < 4.78 is 0. The van der Waals surface area contributed by atoms with Gasteiger partial charge in [-0.1, -0.05) is 32.1 Å². The minimum atomic E-state index is 0.170. The molecule has 0 aromatic rings. The van der Waals surface area contributed by atoms with E-state index in [2.05, 4.69) is 10.2 Å². The van der Waals surface area contributed by atoms with E-state index in [4.69, 9.17) is 0 Å². The SMILES string of the molecule is O=C(NC1CCCCC1CO)C1CCN(C2CCCCC2)C1. The van der Waals surface area contributed by atoms with Crippen molar-refractivity contribution >= 4 is 5.91 Å². The monoisotopic (exact) mass is 308 g/mol. The predicted molar refractivity (Wildman–Crippen MR) is 87.5 cm³/mol. The van der Waals surface area contributed by atoms with Crippen LogP contribution in [0, 0.1) is 11.8 Å². The average molecular weight is 308 g/mol. The zero-order chi connectivity index (χ0) is 15.4. The van der Waals surface area contributed by atoms with Gasteiger partial charge in [0.05, 0.1) is 5.92 Å². The van der Waals surface area contributed by atoms with Gasteiger partial charge in [-0.25, -0.2) is 0 Å². The van der Waals surface area contributed by atoms with E-state index >= 15 is 0 Å². The van der Waals surface area contributed by atoms with Crippen molar-refractivity contribution < 1.29 is 9.90 Å². The predicted octanol–water partition coefficient (Wildman–Crippen LogP) is 2.31. The van der Waals surface area contributed by atoms with Gasteiger partial charge in [0.2, 0.25) is 5.91 Å². The summed E-state index contributed by atoms with van der Waals surface area (Å²) in [6, 6.07) is 0.932. The van der Waals surface area contributed by atoms with Crippen LogP contribution in [0.2, 0.25) is 0 Å². The number of nitrogens with zero attached hydrogens (tertiary/aromatic N) is 1. The summed E-state index contributed by atoms with van der Waals surface area (Å²) in [5.41, 5.74) is 0. The van der Waals surface area contributed by atoms with Gasteiger partial charge < -0.3 is 10.4 Å². The van der Waals surface area contributed by atoms with Crippen molar-refractivity contribution in [3.63, 3.8) is 0 Å². The van der Waals surface area contributed by atoms with Crippen molar-refractivity contribution in [1.29, 1.82) is 0 Å². The molecule has 1 aliphatic heterocycles. The van der Waals surface area contributed by atoms with Gasteiger partial charge >= 0.3 is 0 Å². The van der Waals surface area contributed by atoms with E-state index in [1.807, 2.05) is 0 Å². The van der Waals surface area contributed by atoms with E-state index in [0.717, 1.165) is 38.4 Å². The van der Waals surface area contributed by atoms with E-state index in [0.29, 0.717) is 0 Å². The number of hydrogen-bond acceptors (Lipinski definition) is 3. The smallest absolute Gasteiger partial charge is 0.224 e. The standard InChI is InChI=1S/C18H32N2O2/c21-13-15-6-4-5-9-17(15)19-18(22)14-10-11-20(12-14)16-7-2-1-3-8-16/h14-17,21H,1-13H2,(H,19,22). The van der Waals surface area contributed by atoms with Gasteiger partial charge in [0.1, 0.15) is 0 Å². The van der Waals surface area contributed by atoms with Crippen molar-refractivity contribution in [2.45, 2.75) is 76.3 Å². The number of carbonyl (C=O) groups excluding carboxylic acids is 1. The van der Waals surface area contributed by atoms with Crippen LogP contribution >= 0.6 is 0 Å². The van der Waals surface area contributed by atoms with E-state index in [9.17, 15) is 9.90 Å². The summed E-state index contributed by atoms with van der Waals surface area (Å²) in [5.74, 6) is 0.681. The molecule has 126 valence electrons. The molecule has 2 N–H and O–H groups in total. The molecule has 2 saturated carbocycles. The number of rotatable bonds is 4. The van der Waals surface area contributed by atoms with Crippen LogP contribution in [0.5, 0.6) is 0 Å². The van der Waals surface area contributed by atoms with Gasteiger partial charge in [0.25, 0.3) is 0 Å². The van der Waals surface area contributed by atoms with Crippen LogP contribution in [-0.4, -0.2) is 47.7 Å². The molecule has 3 atom stereocenters. The second-order valence-corrected chi connectivity index (χ2v) is 7.61. The normalized spacial score (nSPS) is 34.7. The quantitative estimate of drug-likeness (QED) is 0.838. The van der Waals surface area contributed by atoms with E-state index < -0.39 is 0 Å². The topological polar surface area (TPSA) is 52.6 Å². The summed E-state index contributed by atoms with van der Waals surface area (Å²) in [5, 5.41) is 12.8. The second kappa shape index (κ2) is 7.78. The molecule has 1 saturated heterocycles. The molecule has 0 spiro atoms. The average Bonchev–Trinajstić information content (AvgIpc) is 3.06. The van der Waals surface area contributed by atoms with Crippen molar-refractivity contribution in [2.75, 3.05) is 19.7 Å². The first kappa shape index (κ1) is 16.3. The van der Waals surface area contributed by atoms with Gasteiger partial charge in [0, 0.05) is 31.2 Å². The highest BCUT2D eigenvalue weighted by Gasteiger charge is 2.34. The summed E-state index contributed by atoms with van der Waals surface area (Å²) in [6.45, 7) is 2.26. The third-order valence-corrected chi connectivity index (χ3v) is 6.15. The summed E-state index contributed by atoms with van der Waals surface area (Å²) in [6.07, 6.45) is 12.2. The Morgan fingerprint density at radius 2 is 1.73 bits per heavy atom. The van der Waals surface area contributed by atoms with E-state index in [-0.39, 0.29) is 30.4 Å². The molecule has 0 aromatic carbocycles. The van der Waals surface area contributed by atoms with Gasteiger partial charge in [-0.15, -0.1) is 0 Å². The Morgan fingerprint density at radius 3 is 2.50 bits per heavy atom. The molecule has 3 fully saturated rings. The minimum absolute atomic E-state index is 0.170. The minimum Gasteiger partial charge on any atom is -0.396 e. The van der Waals surface area contributed by atoms with Crippen molar-refractivity contribution in [2.24, 2.45) is 11.8 Å². The first-order valence-electron chi connectivity index (χ1n) is 9.43. The fraction of sp³-hybridized carbons (Fsp3) is 0.944. The maximum atomic E-state index is 12.6. The van der Waals surface area contributed by atoms with Crippen LogP contribution in [-0.2, 0) is 4.79 Å². The summed E-state index contributed by atoms with van der Waals surface area (Å²) in [4.78, 5) is 15.1. The number of nitrogens with one attached hydrogen (secondary N) is 1. The van der Waals surface area contributed by atoms with E-state index in [1.165, 1.54) is 44.9 Å². The molecule has 4 nitrogen and oxygen atoms in total. The fourth-order valence-electron chi connectivity index (χ4n) is 4.70. The van der Waals surface area contributed by atoms with Crippen molar-refractivity contribution in [3.05, 3.63) is 0 Å². The molecule has 3 aliphatic rings. The van der Waals surface area contributed by atoms with Crippen LogP contribution in [0.4, 0.5) is 0 Å². The van der Waals surface area contributed by atoms with Crippen LogP contribution in [0.1, 0.15) is 64.2 Å². The Morgan fingerprint density at radius 1 is 1.00 bits per heavy atom. The number of carbonyl (C=O) groups is 1. The lowest BCUT2D eigenvalue weighted by atomic mass is 9.84. The third kappa shape index (κ3) is 3.83. The molecule has 3 rings (SSSR count). The molecule has 4 heteroatoms. The Labute approximate surface area is 134 Å². The molecule has 0 radical (unpaired) electrons. The molecule has 0 aromatic heterocycles. The Balaban J connectivity index is 1.48. The molecule has 1 amide bonds. The number of aliphatic hydroxyl groups excluding tert-OH is 1. The van der Waals surface area contributed by atoms with Crippen LogP contribution < -0.4 is 5.32 Å². The zero-order valence-electron chi connectivity index (χ0n) is 13.8. The molecular weight excluding hydrogens is 276 g/mol. The Bertz CT molecular complexity index is 368. The molecule has 22 heavy (non-hydrogen) atoms. The summed E-state index contributed by atoms with van der Waals surface area (Å²) in [7, 11) is 0. The van der Waals surface area contributed by atoms with Gasteiger partial charge in [-0.05, 0) is 38.6 Å². The third-order valence-electron chi connectivity index (χ3n) is 6.15. The van der Waals surface area contributed by atoms with Crippen LogP contribution in [0.3, 0.4) is 0 Å². The highest BCUT2D eigenvalue weighted by atomic mass is 16.3. The largest absolute Gasteiger partial charge is 0.396 e. The molecule has 3 unspecified atom stereocenters. The second-order valence-electron chi connectivity index (χ2n) is 7.61. The maximum Gasteiger partial charge on any atom is 0.224 e. The number of likely N-dealkylation sites (tertiary alicyclic amines) is 1. The molecule has 2 aliphatic carbocycles. The zero-order valence-corrected chi connectivity index (χ0v) is 13.8. The van der Waals surface area contributed by atoms with Crippen molar-refractivity contribution in [3.8, 4) is 0 Å². The van der Waals surface area contributed by atoms with Gasteiger partial charge in [0.15, 0.2) is 0 Å². The lowest BCUT2D eigenvalue weighted by molar-refractivity contribution is -0.126. The number of hydrogen-bond donors (Lipinski definition) is 2. The number of amides is 1. The van der Waals surface area contributed by atoms with Crippen LogP contribution in [0.15, 0.2) is 0 Å². The maximum absolute atomic E-state index is 12.6. The van der Waals surface area contributed by atoms with Crippen molar-refractivity contribution in [1.82, 2.24) is 10.2 Å². The molecule has 0 bridgehead atoms. The van der Waals surface area contributed by atoms with Gasteiger partial charge in [-0.2, -0.15) is 0 Å². The number of aliphatic hydroxyl groups is 1. The Hall–Kier alpha value is -0.610. The van der Waals surface area contributed by atoms with Crippen LogP contribution in [0.25, 0.3) is 0 Å². The first-order chi connectivity index (χ1) is 10.8. The molecule has 1 heterocycles. The lowest BCUT2D eigenvalue weighted by Gasteiger charge is -2.32. The lowest BCUT2D eigenvalue weighted by Crippen LogP contribution is -2.46. The highest BCUT2D eigenvalue weighted by Crippen LogP contribution is 2.29. The fourth-order valence-corrected chi connectivity index (χ4v) is 4.70. The first-order valence-corrected chi connectivity index (χ1v) is 9.43. The van der Waals surface area contributed by atoms with E-state index in [1.54, 1.807) is 0 Å². The molecular formula is C18H32N2O2. The highest BCUT2D eigenvalue weighted by molar-refractivity contribution is 5.79. The summed E-state index contributed by atoms with van der Waals surface area (Å²) >= 11 is 0.